The molecule has 0 rings (SSSR count). The van der Waals surface area contributed by atoms with E-state index in [0.717, 1.165) is 0 Å². The third kappa shape index (κ3) is 5.34. The van der Waals surface area contributed by atoms with E-state index < -0.39 is 10.8 Å². The highest BCUT2D eigenvalue weighted by Crippen LogP contribution is 1.97. The quantitative estimate of drug-likeness (QED) is 0.675. The predicted molar refractivity (Wildman–Crippen MR) is 59.4 cm³/mol. The van der Waals surface area contributed by atoms with Gasteiger partial charge in [-0.25, -0.2) is 0 Å². The summed E-state index contributed by atoms with van der Waals surface area (Å²) in [5.74, 6) is 0.791. The van der Waals surface area contributed by atoms with Crippen LogP contribution in [0, 0.1) is 5.92 Å². The first-order valence-corrected chi connectivity index (χ1v) is 6.29. The Morgan fingerprint density at radius 1 is 1.57 bits per heavy atom. The van der Waals surface area contributed by atoms with Crippen molar-refractivity contribution in [2.24, 2.45) is 11.7 Å². The molecule has 14 heavy (non-hydrogen) atoms. The summed E-state index contributed by atoms with van der Waals surface area (Å²) < 4.78 is 11.5. The van der Waals surface area contributed by atoms with Gasteiger partial charge >= 0.3 is 0 Å². The van der Waals surface area contributed by atoms with Crippen molar-refractivity contribution in [1.29, 1.82) is 0 Å². The van der Waals surface area contributed by atoms with Gasteiger partial charge in [0.05, 0.1) is 0 Å². The number of amides is 1. The Morgan fingerprint density at radius 3 is 2.57 bits per heavy atom. The van der Waals surface area contributed by atoms with Crippen LogP contribution in [0.2, 0.25) is 0 Å². The molecule has 0 aromatic rings. The van der Waals surface area contributed by atoms with Crippen molar-refractivity contribution in [1.82, 2.24) is 4.90 Å². The largest absolute Gasteiger partial charge is 0.345 e. The molecule has 4 nitrogen and oxygen atoms in total. The second-order valence-electron chi connectivity index (χ2n) is 3.50. The summed E-state index contributed by atoms with van der Waals surface area (Å²) >= 11 is 0. The predicted octanol–water partition coefficient (Wildman–Crippen LogP) is -0.192. The van der Waals surface area contributed by atoms with E-state index in [1.807, 2.05) is 13.8 Å². The van der Waals surface area contributed by atoms with Crippen LogP contribution in [0.1, 0.15) is 13.8 Å². The van der Waals surface area contributed by atoms with Crippen molar-refractivity contribution >= 4 is 16.7 Å². The monoisotopic (exact) mass is 220 g/mol. The second-order valence-corrected chi connectivity index (χ2v) is 5.00. The van der Waals surface area contributed by atoms with Gasteiger partial charge in [-0.15, -0.1) is 0 Å². The van der Waals surface area contributed by atoms with Gasteiger partial charge in [-0.3, -0.25) is 9.00 Å². The average molecular weight is 220 g/mol. The molecule has 0 aromatic heterocycles. The lowest BCUT2D eigenvalue weighted by atomic mass is 10.2. The topological polar surface area (TPSA) is 63.4 Å². The first-order chi connectivity index (χ1) is 6.51. The molecular formula is C9H20N2O2S. The maximum atomic E-state index is 11.5. The summed E-state index contributed by atoms with van der Waals surface area (Å²) in [6.45, 7) is 5.00. The van der Waals surface area contributed by atoms with Crippen LogP contribution in [-0.4, -0.2) is 46.7 Å². The van der Waals surface area contributed by atoms with Crippen LogP contribution >= 0.6 is 0 Å². The number of nitrogens with two attached hydrogens (primary N) is 1. The van der Waals surface area contributed by atoms with Crippen molar-refractivity contribution in [3.8, 4) is 0 Å². The summed E-state index contributed by atoms with van der Waals surface area (Å²) in [5.41, 5.74) is 5.41. The highest BCUT2D eigenvalue weighted by atomic mass is 32.2. The molecular weight excluding hydrogens is 200 g/mol. The number of nitrogens with zero attached hydrogens (tertiary/aromatic N) is 1. The molecule has 0 spiro atoms. The van der Waals surface area contributed by atoms with E-state index in [1.165, 1.54) is 0 Å². The van der Waals surface area contributed by atoms with Gasteiger partial charge in [0.1, 0.15) is 5.75 Å². The Hall–Kier alpha value is -0.420. The van der Waals surface area contributed by atoms with E-state index in [0.29, 0.717) is 18.8 Å². The average Bonchev–Trinajstić information content (AvgIpc) is 2.15. The summed E-state index contributed by atoms with van der Waals surface area (Å²) in [5, 5.41) is 0. The molecule has 0 fully saturated rings. The minimum atomic E-state index is -1.07. The lowest BCUT2D eigenvalue weighted by Crippen LogP contribution is -2.32. The van der Waals surface area contributed by atoms with E-state index in [1.54, 1.807) is 11.9 Å². The second kappa shape index (κ2) is 6.95. The molecule has 1 amide bonds. The van der Waals surface area contributed by atoms with Crippen LogP contribution in [0.25, 0.3) is 0 Å². The normalized spacial score (nSPS) is 14.9. The number of hydrogen-bond donors (Lipinski definition) is 1. The number of carbonyl (C=O) groups is 1. The van der Waals surface area contributed by atoms with Gasteiger partial charge < -0.3 is 10.6 Å². The molecule has 0 saturated carbocycles. The summed E-state index contributed by atoms with van der Waals surface area (Å²) in [7, 11) is 0.641. The molecule has 0 radical (unpaired) electrons. The Balaban J connectivity index is 3.88. The molecule has 2 atom stereocenters. The summed E-state index contributed by atoms with van der Waals surface area (Å²) in [4.78, 5) is 12.9. The molecule has 0 aliphatic rings. The molecule has 0 bridgehead atoms. The lowest BCUT2D eigenvalue weighted by Gasteiger charge is -2.14. The van der Waals surface area contributed by atoms with Gasteiger partial charge in [0.2, 0.25) is 5.91 Å². The van der Waals surface area contributed by atoms with Crippen LogP contribution in [0.4, 0.5) is 0 Å². The number of rotatable bonds is 6. The molecule has 5 heteroatoms. The molecule has 0 aliphatic carbocycles. The SMILES string of the molecule is CCN(C)C(=O)CS(=O)CC(C)CN. The molecule has 0 saturated heterocycles. The van der Waals surface area contributed by atoms with E-state index in [4.69, 9.17) is 5.73 Å². The maximum Gasteiger partial charge on any atom is 0.234 e. The zero-order valence-electron chi connectivity index (χ0n) is 9.16. The summed E-state index contributed by atoms with van der Waals surface area (Å²) in [6, 6.07) is 0. The molecule has 0 aromatic carbocycles. The van der Waals surface area contributed by atoms with Gasteiger partial charge in [-0.05, 0) is 19.4 Å². The zero-order valence-corrected chi connectivity index (χ0v) is 9.97. The van der Waals surface area contributed by atoms with Crippen LogP contribution in [0.5, 0.6) is 0 Å². The highest BCUT2D eigenvalue weighted by Gasteiger charge is 2.13. The van der Waals surface area contributed by atoms with Crippen molar-refractivity contribution in [3.63, 3.8) is 0 Å². The summed E-state index contributed by atoms with van der Waals surface area (Å²) in [6.07, 6.45) is 0. The van der Waals surface area contributed by atoms with Crippen LogP contribution in [-0.2, 0) is 15.6 Å². The van der Waals surface area contributed by atoms with Crippen LogP contribution in [0.3, 0.4) is 0 Å². The Kier molecular flexibility index (Phi) is 6.74. The zero-order chi connectivity index (χ0) is 11.1. The fourth-order valence-electron chi connectivity index (χ4n) is 0.869. The lowest BCUT2D eigenvalue weighted by molar-refractivity contribution is -0.126. The Morgan fingerprint density at radius 2 is 2.14 bits per heavy atom. The van der Waals surface area contributed by atoms with Gasteiger partial charge in [0, 0.05) is 30.1 Å². The van der Waals surface area contributed by atoms with Gasteiger partial charge in [0.15, 0.2) is 0 Å². The molecule has 84 valence electrons. The molecule has 2 N–H and O–H groups in total. The van der Waals surface area contributed by atoms with Gasteiger partial charge in [-0.2, -0.15) is 0 Å². The minimum Gasteiger partial charge on any atom is -0.345 e. The maximum absolute atomic E-state index is 11.5. The fraction of sp³-hybridized carbons (Fsp3) is 0.889. The number of carbonyl (C=O) groups excluding carboxylic acids is 1. The third-order valence-electron chi connectivity index (χ3n) is 2.06. The smallest absolute Gasteiger partial charge is 0.234 e. The minimum absolute atomic E-state index is 0.0601. The van der Waals surface area contributed by atoms with Crippen molar-refractivity contribution in [3.05, 3.63) is 0 Å². The van der Waals surface area contributed by atoms with E-state index in [9.17, 15) is 9.00 Å². The van der Waals surface area contributed by atoms with Crippen LogP contribution < -0.4 is 5.73 Å². The highest BCUT2D eigenvalue weighted by molar-refractivity contribution is 7.85. The van der Waals surface area contributed by atoms with E-state index in [-0.39, 0.29) is 17.6 Å². The third-order valence-corrected chi connectivity index (χ3v) is 3.57. The fourth-order valence-corrected chi connectivity index (χ4v) is 2.25. The van der Waals surface area contributed by atoms with Crippen molar-refractivity contribution in [2.75, 3.05) is 31.6 Å². The Bertz CT molecular complexity index is 209. The van der Waals surface area contributed by atoms with Crippen LogP contribution in [0.15, 0.2) is 0 Å². The first-order valence-electron chi connectivity index (χ1n) is 4.80. The molecule has 2 unspecified atom stereocenters. The van der Waals surface area contributed by atoms with Crippen molar-refractivity contribution in [2.45, 2.75) is 13.8 Å². The van der Waals surface area contributed by atoms with E-state index in [2.05, 4.69) is 0 Å². The standard InChI is InChI=1S/C9H20N2O2S/c1-4-11(3)9(12)7-14(13)6-8(2)5-10/h8H,4-7,10H2,1-3H3. The number of hydrogen-bond acceptors (Lipinski definition) is 3. The molecule has 0 heterocycles. The van der Waals surface area contributed by atoms with E-state index >= 15 is 0 Å². The van der Waals surface area contributed by atoms with Gasteiger partial charge in [-0.1, -0.05) is 6.92 Å². The Labute approximate surface area is 88.3 Å². The first kappa shape index (κ1) is 13.6. The molecule has 0 aliphatic heterocycles. The van der Waals surface area contributed by atoms with Gasteiger partial charge in [0.25, 0.3) is 0 Å². The van der Waals surface area contributed by atoms with Crippen molar-refractivity contribution < 1.29 is 9.00 Å².